The summed E-state index contributed by atoms with van der Waals surface area (Å²) in [6.07, 6.45) is 4.63. The zero-order valence-electron chi connectivity index (χ0n) is 9.98. The lowest BCUT2D eigenvalue weighted by Gasteiger charge is -2.17. The molecule has 6 heteroatoms. The van der Waals surface area contributed by atoms with Crippen molar-refractivity contribution in [3.05, 3.63) is 29.8 Å². The number of halogens is 1. The molecule has 0 aromatic carbocycles. The topological polar surface area (TPSA) is 59.1 Å². The fraction of sp³-hybridized carbons (Fsp3) is 0.545. The van der Waals surface area contributed by atoms with E-state index in [1.165, 1.54) is 18.5 Å². The first kappa shape index (κ1) is 14.1. The molecule has 0 aliphatic carbocycles. The van der Waals surface area contributed by atoms with Gasteiger partial charge in [0.05, 0.1) is 11.9 Å². The molecule has 0 spiro atoms. The van der Waals surface area contributed by atoms with E-state index in [1.807, 2.05) is 6.92 Å². The fourth-order valence-electron chi connectivity index (χ4n) is 1.51. The number of rotatable bonds is 6. The van der Waals surface area contributed by atoms with Crippen molar-refractivity contribution in [2.75, 3.05) is 18.6 Å². The van der Waals surface area contributed by atoms with Crippen molar-refractivity contribution in [2.24, 2.45) is 0 Å². The Labute approximate surface area is 101 Å². The average Bonchev–Trinajstić information content (AvgIpc) is 2.22. The molecular formula is C11H17FN2O2S. The lowest BCUT2D eigenvalue weighted by atomic mass is 10.1. The quantitative estimate of drug-likeness (QED) is 0.837. The van der Waals surface area contributed by atoms with E-state index in [2.05, 4.69) is 10.3 Å². The number of hydrogen-bond donors (Lipinski definition) is 1. The molecule has 4 nitrogen and oxygen atoms in total. The third-order valence-corrected chi connectivity index (χ3v) is 3.18. The summed E-state index contributed by atoms with van der Waals surface area (Å²) in [5.74, 6) is -0.516. The van der Waals surface area contributed by atoms with Gasteiger partial charge in [-0.05, 0) is 24.6 Å². The number of nitrogens with one attached hydrogen (secondary N) is 1. The lowest BCUT2D eigenvalue weighted by Crippen LogP contribution is -2.28. The Kier molecular flexibility index (Phi) is 5.02. The second-order valence-corrected chi connectivity index (χ2v) is 6.22. The molecule has 17 heavy (non-hydrogen) atoms. The van der Waals surface area contributed by atoms with Crippen LogP contribution in [0.1, 0.15) is 24.9 Å². The summed E-state index contributed by atoms with van der Waals surface area (Å²) >= 11 is 0. The van der Waals surface area contributed by atoms with Crippen LogP contribution in [0.5, 0.6) is 0 Å². The van der Waals surface area contributed by atoms with Gasteiger partial charge < -0.3 is 5.32 Å². The highest BCUT2D eigenvalue weighted by Gasteiger charge is 2.17. The van der Waals surface area contributed by atoms with E-state index in [0.29, 0.717) is 12.1 Å². The molecular weight excluding hydrogens is 243 g/mol. The Hall–Kier alpha value is -1.01. The third-order valence-electron chi connectivity index (χ3n) is 2.24. The summed E-state index contributed by atoms with van der Waals surface area (Å²) in [6, 6.07) is 0.902. The summed E-state index contributed by atoms with van der Waals surface area (Å²) in [4.78, 5) is 3.73. The molecule has 0 radical (unpaired) electrons. The first-order valence-electron chi connectivity index (χ1n) is 5.44. The Balaban J connectivity index is 2.89. The molecule has 1 aromatic heterocycles. The molecule has 0 saturated heterocycles. The van der Waals surface area contributed by atoms with Crippen molar-refractivity contribution >= 4 is 9.84 Å². The summed E-state index contributed by atoms with van der Waals surface area (Å²) in [5, 5.41) is 3.08. The second-order valence-electron chi connectivity index (χ2n) is 4.04. The fourth-order valence-corrected chi connectivity index (χ4v) is 2.43. The first-order chi connectivity index (χ1) is 7.92. The standard InChI is InChI=1S/C11H17FN2O2S/c1-3-4-14-11(8-17(2,15)16)9-5-10(12)7-13-6-9/h5-7,11,14H,3-4,8H2,1-2H3. The minimum Gasteiger partial charge on any atom is -0.309 e. The van der Waals surface area contributed by atoms with E-state index >= 15 is 0 Å². The Bertz CT molecular complexity index is 462. The maximum absolute atomic E-state index is 13.0. The molecule has 96 valence electrons. The van der Waals surface area contributed by atoms with E-state index in [0.717, 1.165) is 12.6 Å². The number of aromatic nitrogens is 1. The SMILES string of the molecule is CCCNC(CS(C)(=O)=O)c1cncc(F)c1. The van der Waals surface area contributed by atoms with Crippen LogP contribution in [0.4, 0.5) is 4.39 Å². The monoisotopic (exact) mass is 260 g/mol. The molecule has 0 bridgehead atoms. The second kappa shape index (κ2) is 6.07. The van der Waals surface area contributed by atoms with Crippen LogP contribution in [0.15, 0.2) is 18.5 Å². The molecule has 1 aromatic rings. The molecule has 1 unspecified atom stereocenters. The predicted molar refractivity (Wildman–Crippen MR) is 64.9 cm³/mol. The van der Waals surface area contributed by atoms with Crippen molar-refractivity contribution in [3.8, 4) is 0 Å². The molecule has 1 atom stereocenters. The van der Waals surface area contributed by atoms with Crippen LogP contribution in [0, 0.1) is 5.82 Å². The zero-order valence-corrected chi connectivity index (χ0v) is 10.8. The van der Waals surface area contributed by atoms with Crippen LogP contribution < -0.4 is 5.32 Å². The summed E-state index contributed by atoms with van der Waals surface area (Å²) < 4.78 is 35.7. The van der Waals surface area contributed by atoms with Crippen molar-refractivity contribution in [2.45, 2.75) is 19.4 Å². The van der Waals surface area contributed by atoms with E-state index in [9.17, 15) is 12.8 Å². The van der Waals surface area contributed by atoms with Gasteiger partial charge in [-0.2, -0.15) is 0 Å². The maximum atomic E-state index is 13.0. The van der Waals surface area contributed by atoms with Gasteiger partial charge in [0.25, 0.3) is 0 Å². The molecule has 1 rings (SSSR count). The first-order valence-corrected chi connectivity index (χ1v) is 7.50. The number of sulfone groups is 1. The van der Waals surface area contributed by atoms with Crippen LogP contribution in [-0.2, 0) is 9.84 Å². The molecule has 0 amide bonds. The van der Waals surface area contributed by atoms with Gasteiger partial charge in [0.1, 0.15) is 15.7 Å². The van der Waals surface area contributed by atoms with Gasteiger partial charge in [0.2, 0.25) is 0 Å². The van der Waals surface area contributed by atoms with Crippen LogP contribution >= 0.6 is 0 Å². The smallest absolute Gasteiger partial charge is 0.149 e. The highest BCUT2D eigenvalue weighted by atomic mass is 32.2. The Morgan fingerprint density at radius 2 is 2.18 bits per heavy atom. The van der Waals surface area contributed by atoms with Crippen molar-refractivity contribution in [3.63, 3.8) is 0 Å². The van der Waals surface area contributed by atoms with Crippen molar-refractivity contribution in [1.82, 2.24) is 10.3 Å². The van der Waals surface area contributed by atoms with Crippen LogP contribution in [0.3, 0.4) is 0 Å². The highest BCUT2D eigenvalue weighted by Crippen LogP contribution is 2.15. The third kappa shape index (κ3) is 5.23. The van der Waals surface area contributed by atoms with Gasteiger partial charge >= 0.3 is 0 Å². The van der Waals surface area contributed by atoms with Crippen LogP contribution in [-0.4, -0.2) is 32.0 Å². The molecule has 0 aliphatic rings. The van der Waals surface area contributed by atoms with Gasteiger partial charge in [-0.1, -0.05) is 6.92 Å². The lowest BCUT2D eigenvalue weighted by molar-refractivity contribution is 0.542. The van der Waals surface area contributed by atoms with Gasteiger partial charge in [-0.25, -0.2) is 12.8 Å². The Morgan fingerprint density at radius 3 is 2.71 bits per heavy atom. The van der Waals surface area contributed by atoms with Crippen LogP contribution in [0.25, 0.3) is 0 Å². The van der Waals surface area contributed by atoms with E-state index in [4.69, 9.17) is 0 Å². The summed E-state index contributed by atoms with van der Waals surface area (Å²) in [5.41, 5.74) is 0.559. The molecule has 0 aliphatic heterocycles. The number of nitrogens with zero attached hydrogens (tertiary/aromatic N) is 1. The van der Waals surface area contributed by atoms with Gasteiger partial charge in [-0.3, -0.25) is 4.98 Å². The zero-order chi connectivity index (χ0) is 12.9. The molecule has 1 N–H and O–H groups in total. The average molecular weight is 260 g/mol. The summed E-state index contributed by atoms with van der Waals surface area (Å²) in [6.45, 7) is 2.66. The van der Waals surface area contributed by atoms with E-state index in [-0.39, 0.29) is 5.75 Å². The number of hydrogen-bond acceptors (Lipinski definition) is 4. The van der Waals surface area contributed by atoms with Crippen molar-refractivity contribution in [1.29, 1.82) is 0 Å². The van der Waals surface area contributed by atoms with Gasteiger partial charge in [-0.15, -0.1) is 0 Å². The molecule has 0 fully saturated rings. The highest BCUT2D eigenvalue weighted by molar-refractivity contribution is 7.90. The number of pyridine rings is 1. The minimum atomic E-state index is -3.13. The van der Waals surface area contributed by atoms with E-state index < -0.39 is 21.7 Å². The minimum absolute atomic E-state index is 0.0574. The van der Waals surface area contributed by atoms with E-state index in [1.54, 1.807) is 0 Å². The largest absolute Gasteiger partial charge is 0.309 e. The normalized spacial score (nSPS) is 13.6. The predicted octanol–water partition coefficient (Wildman–Crippen LogP) is 1.31. The van der Waals surface area contributed by atoms with Gasteiger partial charge in [0.15, 0.2) is 0 Å². The van der Waals surface area contributed by atoms with Crippen molar-refractivity contribution < 1.29 is 12.8 Å². The maximum Gasteiger partial charge on any atom is 0.149 e. The Morgan fingerprint density at radius 1 is 1.47 bits per heavy atom. The van der Waals surface area contributed by atoms with Gasteiger partial charge in [0, 0.05) is 18.5 Å². The molecule has 1 heterocycles. The summed E-state index contributed by atoms with van der Waals surface area (Å²) in [7, 11) is -3.13. The molecule has 0 saturated carbocycles. The van der Waals surface area contributed by atoms with Crippen LogP contribution in [0.2, 0.25) is 0 Å².